The van der Waals surface area contributed by atoms with Crippen LogP contribution in [-0.2, 0) is 10.0 Å². The van der Waals surface area contributed by atoms with E-state index in [-0.39, 0.29) is 17.8 Å². The standard InChI is InChI=1S/C7H14N2O2S.ClH/c1-9-5-7(2-3-8-4-7)6-12(9,10)11;/h8H,2-6H2,1H3;1H. The van der Waals surface area contributed by atoms with Crippen molar-refractivity contribution in [1.29, 1.82) is 0 Å². The molecule has 2 aliphatic heterocycles. The molecule has 2 rings (SSSR count). The monoisotopic (exact) mass is 226 g/mol. The lowest BCUT2D eigenvalue weighted by Gasteiger charge is -2.18. The Bertz CT molecular complexity index is 285. The molecule has 2 aliphatic rings. The van der Waals surface area contributed by atoms with E-state index in [2.05, 4.69) is 5.32 Å². The summed E-state index contributed by atoms with van der Waals surface area (Å²) in [5.41, 5.74) is 0.0214. The minimum atomic E-state index is -2.92. The smallest absolute Gasteiger partial charge is 0.214 e. The molecular formula is C7H15ClN2O2S. The van der Waals surface area contributed by atoms with Crippen molar-refractivity contribution >= 4 is 22.4 Å². The van der Waals surface area contributed by atoms with E-state index in [9.17, 15) is 8.42 Å². The van der Waals surface area contributed by atoms with Crippen LogP contribution in [-0.4, -0.2) is 45.2 Å². The Kier molecular flexibility index (Phi) is 2.92. The third-order valence-electron chi connectivity index (χ3n) is 2.85. The summed E-state index contributed by atoms with van der Waals surface area (Å²) in [6, 6.07) is 0. The second kappa shape index (κ2) is 3.38. The summed E-state index contributed by atoms with van der Waals surface area (Å²) < 4.78 is 24.3. The highest BCUT2D eigenvalue weighted by Gasteiger charge is 2.47. The lowest BCUT2D eigenvalue weighted by Crippen LogP contribution is -2.29. The maximum absolute atomic E-state index is 11.4. The summed E-state index contributed by atoms with van der Waals surface area (Å²) in [6.07, 6.45) is 0.997. The van der Waals surface area contributed by atoms with Crippen molar-refractivity contribution in [3.63, 3.8) is 0 Å². The summed E-state index contributed by atoms with van der Waals surface area (Å²) in [7, 11) is -1.25. The molecule has 0 amide bonds. The highest BCUT2D eigenvalue weighted by molar-refractivity contribution is 7.89. The lowest BCUT2D eigenvalue weighted by molar-refractivity contribution is 0.331. The van der Waals surface area contributed by atoms with Crippen molar-refractivity contribution in [2.24, 2.45) is 5.41 Å². The van der Waals surface area contributed by atoms with Gasteiger partial charge in [0.15, 0.2) is 0 Å². The van der Waals surface area contributed by atoms with Crippen LogP contribution in [0.25, 0.3) is 0 Å². The van der Waals surface area contributed by atoms with Gasteiger partial charge in [-0.3, -0.25) is 0 Å². The molecule has 0 aromatic carbocycles. The zero-order valence-electron chi connectivity index (χ0n) is 7.62. The number of sulfonamides is 1. The first kappa shape index (κ1) is 11.2. The number of rotatable bonds is 0. The van der Waals surface area contributed by atoms with Gasteiger partial charge >= 0.3 is 0 Å². The molecule has 2 fully saturated rings. The number of hydrogen-bond acceptors (Lipinski definition) is 3. The lowest BCUT2D eigenvalue weighted by atomic mass is 9.90. The molecule has 1 N–H and O–H groups in total. The Labute approximate surface area is 85.1 Å². The molecule has 1 spiro atoms. The van der Waals surface area contributed by atoms with Crippen LogP contribution in [0.5, 0.6) is 0 Å². The normalized spacial score (nSPS) is 37.9. The van der Waals surface area contributed by atoms with Gasteiger partial charge in [0.2, 0.25) is 10.0 Å². The van der Waals surface area contributed by atoms with Crippen LogP contribution in [0.15, 0.2) is 0 Å². The van der Waals surface area contributed by atoms with Gasteiger partial charge < -0.3 is 5.32 Å². The van der Waals surface area contributed by atoms with Crippen LogP contribution in [0.2, 0.25) is 0 Å². The number of hydrogen-bond donors (Lipinski definition) is 1. The van der Waals surface area contributed by atoms with Crippen molar-refractivity contribution in [3.8, 4) is 0 Å². The summed E-state index contributed by atoms with van der Waals surface area (Å²) in [5, 5.41) is 3.22. The van der Waals surface area contributed by atoms with Gasteiger partial charge in [0.25, 0.3) is 0 Å². The van der Waals surface area contributed by atoms with Gasteiger partial charge in [-0.2, -0.15) is 0 Å². The fourth-order valence-electron chi connectivity index (χ4n) is 2.17. The summed E-state index contributed by atoms with van der Waals surface area (Å²) >= 11 is 0. The Balaban J connectivity index is 0.000000845. The molecule has 2 heterocycles. The highest BCUT2D eigenvalue weighted by atomic mass is 35.5. The molecule has 0 aromatic rings. The van der Waals surface area contributed by atoms with E-state index in [1.807, 2.05) is 0 Å². The van der Waals surface area contributed by atoms with Crippen molar-refractivity contribution in [1.82, 2.24) is 9.62 Å². The summed E-state index contributed by atoms with van der Waals surface area (Å²) in [5.74, 6) is 0.337. The van der Waals surface area contributed by atoms with E-state index in [1.165, 1.54) is 4.31 Å². The molecule has 4 nitrogen and oxygen atoms in total. The van der Waals surface area contributed by atoms with Crippen molar-refractivity contribution in [3.05, 3.63) is 0 Å². The first-order valence-corrected chi connectivity index (χ1v) is 5.80. The molecule has 0 bridgehead atoms. The molecule has 0 saturated carbocycles. The van der Waals surface area contributed by atoms with Crippen molar-refractivity contribution in [2.75, 3.05) is 32.4 Å². The zero-order chi connectivity index (χ0) is 8.82. The molecule has 2 saturated heterocycles. The minimum Gasteiger partial charge on any atom is -0.316 e. The molecule has 13 heavy (non-hydrogen) atoms. The Hall–Kier alpha value is 0.160. The fraction of sp³-hybridized carbons (Fsp3) is 1.00. The molecule has 78 valence electrons. The van der Waals surface area contributed by atoms with E-state index < -0.39 is 10.0 Å². The van der Waals surface area contributed by atoms with E-state index in [0.717, 1.165) is 19.5 Å². The molecule has 1 atom stereocenters. The number of nitrogens with one attached hydrogen (secondary N) is 1. The SMILES string of the molecule is CN1CC2(CCNC2)CS1(=O)=O.Cl. The van der Waals surface area contributed by atoms with Gasteiger partial charge in [0.1, 0.15) is 0 Å². The second-order valence-corrected chi connectivity index (χ2v) is 6.01. The van der Waals surface area contributed by atoms with Gasteiger partial charge in [-0.1, -0.05) is 0 Å². The third-order valence-corrected chi connectivity index (χ3v) is 4.91. The highest BCUT2D eigenvalue weighted by Crippen LogP contribution is 2.35. The van der Waals surface area contributed by atoms with Crippen molar-refractivity contribution < 1.29 is 8.42 Å². The van der Waals surface area contributed by atoms with Crippen LogP contribution < -0.4 is 5.32 Å². The quantitative estimate of drug-likeness (QED) is 0.615. The fourth-order valence-corrected chi connectivity index (χ4v) is 3.97. The van der Waals surface area contributed by atoms with Gasteiger partial charge in [0.05, 0.1) is 5.75 Å². The van der Waals surface area contributed by atoms with Crippen molar-refractivity contribution in [2.45, 2.75) is 6.42 Å². The van der Waals surface area contributed by atoms with Crippen LogP contribution in [0.4, 0.5) is 0 Å². The molecular weight excluding hydrogens is 212 g/mol. The Morgan fingerprint density at radius 3 is 2.54 bits per heavy atom. The van der Waals surface area contributed by atoms with E-state index in [4.69, 9.17) is 0 Å². The number of nitrogens with zero attached hydrogens (tertiary/aromatic N) is 1. The van der Waals surface area contributed by atoms with Gasteiger partial charge in [-0.05, 0) is 13.0 Å². The molecule has 0 aromatic heterocycles. The molecule has 0 aliphatic carbocycles. The molecule has 1 unspecified atom stereocenters. The summed E-state index contributed by atoms with van der Waals surface area (Å²) in [4.78, 5) is 0. The largest absolute Gasteiger partial charge is 0.316 e. The first-order chi connectivity index (χ1) is 5.54. The average molecular weight is 227 g/mol. The first-order valence-electron chi connectivity index (χ1n) is 4.19. The van der Waals surface area contributed by atoms with Gasteiger partial charge in [-0.25, -0.2) is 12.7 Å². The van der Waals surface area contributed by atoms with Crippen LogP contribution >= 0.6 is 12.4 Å². The topological polar surface area (TPSA) is 49.4 Å². The van der Waals surface area contributed by atoms with Crippen LogP contribution in [0.3, 0.4) is 0 Å². The van der Waals surface area contributed by atoms with E-state index in [0.29, 0.717) is 12.3 Å². The minimum absolute atomic E-state index is 0. The van der Waals surface area contributed by atoms with Gasteiger partial charge in [-0.15, -0.1) is 12.4 Å². The second-order valence-electron chi connectivity index (χ2n) is 3.94. The maximum Gasteiger partial charge on any atom is 0.214 e. The summed E-state index contributed by atoms with van der Waals surface area (Å²) in [6.45, 7) is 2.52. The predicted octanol–water partition coefficient (Wildman–Crippen LogP) is -0.337. The van der Waals surface area contributed by atoms with Gasteiger partial charge in [0, 0.05) is 25.6 Å². The van der Waals surface area contributed by atoms with E-state index >= 15 is 0 Å². The average Bonchev–Trinajstić information content (AvgIpc) is 2.42. The molecule has 6 heteroatoms. The zero-order valence-corrected chi connectivity index (χ0v) is 9.25. The molecule has 0 radical (unpaired) electrons. The maximum atomic E-state index is 11.4. The van der Waals surface area contributed by atoms with Crippen LogP contribution in [0.1, 0.15) is 6.42 Å². The third kappa shape index (κ3) is 1.83. The van der Waals surface area contributed by atoms with Crippen LogP contribution in [0, 0.1) is 5.41 Å². The Morgan fingerprint density at radius 1 is 1.46 bits per heavy atom. The van der Waals surface area contributed by atoms with E-state index in [1.54, 1.807) is 7.05 Å². The predicted molar refractivity (Wildman–Crippen MR) is 53.6 cm³/mol. The Morgan fingerprint density at radius 2 is 2.15 bits per heavy atom. The number of halogens is 1.